The normalized spacial score (nSPS) is 24.6. The summed E-state index contributed by atoms with van der Waals surface area (Å²) in [5, 5.41) is 4.52. The van der Waals surface area contributed by atoms with E-state index < -0.39 is 6.17 Å². The Hall–Kier alpha value is -1.35. The summed E-state index contributed by atoms with van der Waals surface area (Å²) in [6, 6.07) is 8.59. The van der Waals surface area contributed by atoms with Crippen LogP contribution in [0.2, 0.25) is 0 Å². The minimum atomic E-state index is -0.675. The van der Waals surface area contributed by atoms with E-state index in [-0.39, 0.29) is 6.04 Å². The van der Waals surface area contributed by atoms with E-state index in [2.05, 4.69) is 35.4 Å². The van der Waals surface area contributed by atoms with Gasteiger partial charge in [0.25, 0.3) is 0 Å². The lowest BCUT2D eigenvalue weighted by Gasteiger charge is -2.09. The molecule has 1 saturated heterocycles. The Bertz CT molecular complexity index is 532. The first-order chi connectivity index (χ1) is 8.24. The average Bonchev–Trinajstić information content (AvgIpc) is 2.85. The van der Waals surface area contributed by atoms with Crippen LogP contribution >= 0.6 is 0 Å². The molecule has 2 atom stereocenters. The number of H-pyrrole nitrogens is 1. The number of benzene rings is 1. The smallest absolute Gasteiger partial charge is 0.114 e. The van der Waals surface area contributed by atoms with Gasteiger partial charge in [-0.1, -0.05) is 18.2 Å². The number of hydrogen-bond donors (Lipinski definition) is 2. The summed E-state index contributed by atoms with van der Waals surface area (Å²) >= 11 is 0. The highest BCUT2D eigenvalue weighted by Crippen LogP contribution is 2.25. The maximum atomic E-state index is 13.1. The number of hydrogen-bond acceptors (Lipinski definition) is 1. The van der Waals surface area contributed by atoms with Crippen molar-refractivity contribution in [2.45, 2.75) is 32.0 Å². The van der Waals surface area contributed by atoms with Crippen molar-refractivity contribution in [2.75, 3.05) is 6.54 Å². The van der Waals surface area contributed by atoms with Crippen molar-refractivity contribution in [2.24, 2.45) is 0 Å². The van der Waals surface area contributed by atoms with E-state index in [0.717, 1.165) is 6.42 Å². The second kappa shape index (κ2) is 4.15. The van der Waals surface area contributed by atoms with E-state index in [1.807, 2.05) is 6.07 Å². The van der Waals surface area contributed by atoms with Gasteiger partial charge in [-0.15, -0.1) is 0 Å². The predicted octanol–water partition coefficient (Wildman–Crippen LogP) is 2.72. The molecule has 0 radical (unpaired) electrons. The minimum absolute atomic E-state index is 0.280. The van der Waals surface area contributed by atoms with Crippen LogP contribution in [0.5, 0.6) is 0 Å². The molecule has 17 heavy (non-hydrogen) atoms. The quantitative estimate of drug-likeness (QED) is 0.818. The lowest BCUT2D eigenvalue weighted by Crippen LogP contribution is -2.23. The average molecular weight is 232 g/mol. The summed E-state index contributed by atoms with van der Waals surface area (Å²) in [4.78, 5) is 3.39. The van der Waals surface area contributed by atoms with Crippen LogP contribution in [0.4, 0.5) is 4.39 Å². The fourth-order valence-electron chi connectivity index (χ4n) is 2.77. The number of halogens is 1. The van der Waals surface area contributed by atoms with Gasteiger partial charge in [0.2, 0.25) is 0 Å². The first kappa shape index (κ1) is 10.8. The largest absolute Gasteiger partial charge is 0.358 e. The van der Waals surface area contributed by atoms with Crippen molar-refractivity contribution in [3.8, 4) is 0 Å². The molecule has 0 spiro atoms. The number of para-hydroxylation sites is 1. The summed E-state index contributed by atoms with van der Waals surface area (Å²) in [6.45, 7) is 2.60. The van der Waals surface area contributed by atoms with Gasteiger partial charge < -0.3 is 10.3 Å². The molecule has 0 aliphatic carbocycles. The van der Waals surface area contributed by atoms with Crippen LogP contribution in [0.25, 0.3) is 10.9 Å². The fraction of sp³-hybridized carbons (Fsp3) is 0.429. The summed E-state index contributed by atoms with van der Waals surface area (Å²) < 4.78 is 13.1. The maximum Gasteiger partial charge on any atom is 0.114 e. The van der Waals surface area contributed by atoms with Crippen LogP contribution in [0, 0.1) is 6.92 Å². The van der Waals surface area contributed by atoms with E-state index in [9.17, 15) is 4.39 Å². The van der Waals surface area contributed by atoms with Crippen molar-refractivity contribution in [1.82, 2.24) is 10.3 Å². The Balaban J connectivity index is 1.91. The van der Waals surface area contributed by atoms with Crippen LogP contribution in [0.1, 0.15) is 17.7 Å². The molecule has 2 heterocycles. The monoisotopic (exact) mass is 232 g/mol. The number of nitrogens with one attached hydrogen (secondary N) is 2. The van der Waals surface area contributed by atoms with Crippen LogP contribution in [-0.2, 0) is 6.42 Å². The molecule has 3 heteroatoms. The second-order valence-electron chi connectivity index (χ2n) is 4.92. The van der Waals surface area contributed by atoms with Gasteiger partial charge in [-0.05, 0) is 31.4 Å². The van der Waals surface area contributed by atoms with Gasteiger partial charge >= 0.3 is 0 Å². The lowest BCUT2D eigenvalue weighted by atomic mass is 10.0. The lowest BCUT2D eigenvalue weighted by molar-refractivity contribution is 0.355. The molecule has 1 aliphatic rings. The van der Waals surface area contributed by atoms with Crippen molar-refractivity contribution in [3.05, 3.63) is 35.5 Å². The number of aryl methyl sites for hydroxylation is 1. The SMILES string of the molecule is Cc1[nH]c2ccccc2c1CC1CC(F)CN1. The van der Waals surface area contributed by atoms with E-state index in [1.54, 1.807) is 0 Å². The molecule has 0 bridgehead atoms. The van der Waals surface area contributed by atoms with Gasteiger partial charge in [0.05, 0.1) is 0 Å². The topological polar surface area (TPSA) is 27.8 Å². The van der Waals surface area contributed by atoms with Gasteiger partial charge in [0.1, 0.15) is 6.17 Å². The highest BCUT2D eigenvalue weighted by Gasteiger charge is 2.24. The molecule has 1 fully saturated rings. The molecule has 2 unspecified atom stereocenters. The van der Waals surface area contributed by atoms with Crippen LogP contribution in [0.15, 0.2) is 24.3 Å². The third-order valence-corrected chi connectivity index (χ3v) is 3.65. The Morgan fingerprint density at radius 3 is 2.94 bits per heavy atom. The maximum absolute atomic E-state index is 13.1. The van der Waals surface area contributed by atoms with Gasteiger partial charge in [0.15, 0.2) is 0 Å². The molecule has 2 nitrogen and oxygen atoms in total. The van der Waals surface area contributed by atoms with Gasteiger partial charge in [-0.2, -0.15) is 0 Å². The Morgan fingerprint density at radius 2 is 2.18 bits per heavy atom. The van der Waals surface area contributed by atoms with Gasteiger partial charge in [0, 0.05) is 29.2 Å². The summed E-state index contributed by atoms with van der Waals surface area (Å²) in [7, 11) is 0. The van der Waals surface area contributed by atoms with E-state index in [4.69, 9.17) is 0 Å². The Labute approximate surface area is 100 Å². The van der Waals surface area contributed by atoms with Gasteiger partial charge in [-0.25, -0.2) is 4.39 Å². The number of rotatable bonds is 2. The zero-order valence-corrected chi connectivity index (χ0v) is 9.96. The standard InChI is InChI=1S/C14H17FN2/c1-9-13(7-11-6-10(15)8-16-11)12-4-2-3-5-14(12)17-9/h2-5,10-11,16-17H,6-8H2,1H3. The highest BCUT2D eigenvalue weighted by molar-refractivity contribution is 5.84. The number of aromatic amines is 1. The molecule has 90 valence electrons. The van der Waals surface area contributed by atoms with E-state index >= 15 is 0 Å². The minimum Gasteiger partial charge on any atom is -0.358 e. The number of aromatic nitrogens is 1. The Morgan fingerprint density at radius 1 is 1.35 bits per heavy atom. The van der Waals surface area contributed by atoms with Crippen LogP contribution in [0.3, 0.4) is 0 Å². The van der Waals surface area contributed by atoms with Crippen molar-refractivity contribution >= 4 is 10.9 Å². The zero-order chi connectivity index (χ0) is 11.8. The zero-order valence-electron chi connectivity index (χ0n) is 9.96. The van der Waals surface area contributed by atoms with Crippen molar-refractivity contribution < 1.29 is 4.39 Å². The molecule has 0 amide bonds. The van der Waals surface area contributed by atoms with E-state index in [1.165, 1.54) is 22.2 Å². The molecule has 2 N–H and O–H groups in total. The van der Waals surface area contributed by atoms with E-state index in [0.29, 0.717) is 13.0 Å². The number of alkyl halides is 1. The van der Waals surface area contributed by atoms with Gasteiger partial charge in [-0.3, -0.25) is 0 Å². The third kappa shape index (κ3) is 1.95. The summed E-state index contributed by atoms with van der Waals surface area (Å²) in [5.41, 5.74) is 3.71. The fourth-order valence-corrected chi connectivity index (χ4v) is 2.77. The molecular formula is C14H17FN2. The summed E-state index contributed by atoms with van der Waals surface area (Å²) in [6.07, 6.45) is 0.875. The molecule has 2 aromatic rings. The molecule has 1 aliphatic heterocycles. The molecule has 0 saturated carbocycles. The molecule has 3 rings (SSSR count). The Kier molecular flexibility index (Phi) is 2.63. The molecule has 1 aromatic heterocycles. The first-order valence-electron chi connectivity index (χ1n) is 6.17. The third-order valence-electron chi connectivity index (χ3n) is 3.65. The summed E-state index contributed by atoms with van der Waals surface area (Å²) in [5.74, 6) is 0. The van der Waals surface area contributed by atoms with Crippen LogP contribution in [-0.4, -0.2) is 23.7 Å². The van der Waals surface area contributed by atoms with Crippen molar-refractivity contribution in [3.63, 3.8) is 0 Å². The highest BCUT2D eigenvalue weighted by atomic mass is 19.1. The molecule has 1 aromatic carbocycles. The van der Waals surface area contributed by atoms with Crippen molar-refractivity contribution in [1.29, 1.82) is 0 Å². The van der Waals surface area contributed by atoms with Crippen LogP contribution < -0.4 is 5.32 Å². The second-order valence-corrected chi connectivity index (χ2v) is 4.92. The predicted molar refractivity (Wildman–Crippen MR) is 68.0 cm³/mol. The first-order valence-corrected chi connectivity index (χ1v) is 6.17. The molecular weight excluding hydrogens is 215 g/mol. The number of fused-ring (bicyclic) bond motifs is 1.